The first-order chi connectivity index (χ1) is 22.6. The van der Waals surface area contributed by atoms with Crippen LogP contribution < -0.4 is 10.2 Å². The second-order valence-corrected chi connectivity index (χ2v) is 13.7. The van der Waals surface area contributed by atoms with Crippen LogP contribution in [0.5, 0.6) is 11.5 Å². The van der Waals surface area contributed by atoms with Crippen molar-refractivity contribution in [3.63, 3.8) is 0 Å². The number of aliphatic hydroxyl groups excluding tert-OH is 1. The van der Waals surface area contributed by atoms with E-state index in [4.69, 9.17) is 25.5 Å². The normalized spacial score (nSPS) is 13.0. The number of thiophene rings is 1. The predicted molar refractivity (Wildman–Crippen MR) is 187 cm³/mol. The largest absolute Gasteiger partial charge is 0.507 e. The molecule has 0 fully saturated rings. The number of Topliss-reactive ketones (excluding diaryl/α,β-unsaturated/α-hetero) is 1. The number of ether oxygens (including phenoxy) is 2. The van der Waals surface area contributed by atoms with Crippen molar-refractivity contribution < 1.29 is 33.7 Å². The minimum atomic E-state index is -0.857. The summed E-state index contributed by atoms with van der Waals surface area (Å²) in [6.45, 7) is 3.93. The van der Waals surface area contributed by atoms with Crippen molar-refractivity contribution >= 4 is 57.4 Å². The lowest BCUT2D eigenvalue weighted by Gasteiger charge is -2.18. The van der Waals surface area contributed by atoms with Gasteiger partial charge in [0.25, 0.3) is 0 Å². The van der Waals surface area contributed by atoms with Crippen LogP contribution in [-0.4, -0.2) is 40.9 Å². The molecule has 0 aliphatic heterocycles. The maximum Gasteiger partial charge on any atom is 0.374 e. The van der Waals surface area contributed by atoms with Crippen molar-refractivity contribution in [1.29, 1.82) is 0 Å². The lowest BCUT2D eigenvalue weighted by Crippen LogP contribution is -2.11. The molecule has 0 bridgehead atoms. The Kier molecular flexibility index (Phi) is 13.3. The number of phenolic OH excluding ortho intramolecular Hbond substituents is 1. The summed E-state index contributed by atoms with van der Waals surface area (Å²) in [6.07, 6.45) is 10.9. The zero-order valence-corrected chi connectivity index (χ0v) is 28.8. The fraction of sp³-hybridized carbons (Fsp3) is 0.306. The van der Waals surface area contributed by atoms with Gasteiger partial charge in [-0.2, -0.15) is 0 Å². The minimum Gasteiger partial charge on any atom is -0.507 e. The van der Waals surface area contributed by atoms with Crippen LogP contribution >= 0.6 is 34.7 Å². The van der Waals surface area contributed by atoms with E-state index in [0.717, 1.165) is 36.6 Å². The molecule has 8 nitrogen and oxygen atoms in total. The number of halogens is 1. The topological polar surface area (TPSA) is 123 Å². The van der Waals surface area contributed by atoms with Gasteiger partial charge in [-0.1, -0.05) is 49.2 Å². The fourth-order valence-corrected chi connectivity index (χ4v) is 7.11. The van der Waals surface area contributed by atoms with Crippen LogP contribution in [0, 0.1) is 0 Å². The number of esters is 1. The van der Waals surface area contributed by atoms with Crippen molar-refractivity contribution in [2.45, 2.75) is 62.2 Å². The zero-order chi connectivity index (χ0) is 33.9. The van der Waals surface area contributed by atoms with Gasteiger partial charge in [0.2, 0.25) is 5.76 Å². The van der Waals surface area contributed by atoms with E-state index in [1.165, 1.54) is 37.1 Å². The van der Waals surface area contributed by atoms with Crippen molar-refractivity contribution in [2.24, 2.45) is 0 Å². The average Bonchev–Trinajstić information content (AvgIpc) is 3.49. The molecule has 47 heavy (non-hydrogen) atoms. The van der Waals surface area contributed by atoms with E-state index >= 15 is 0 Å². The van der Waals surface area contributed by atoms with Gasteiger partial charge < -0.3 is 24.1 Å². The molecular formula is C36H37ClO8S2. The molecule has 2 aromatic carbocycles. The second-order valence-electron chi connectivity index (χ2n) is 10.7. The Hall–Kier alpha value is -3.83. The number of carbonyl (C=O) groups is 2. The van der Waals surface area contributed by atoms with Crippen LogP contribution in [0.1, 0.15) is 77.0 Å². The summed E-state index contributed by atoms with van der Waals surface area (Å²) in [6, 6.07) is 13.1. The number of aromatic hydroxyl groups is 1. The number of allylic oxidation sites excluding steroid dienone is 3. The molecule has 248 valence electrons. The maximum atomic E-state index is 12.5. The maximum absolute atomic E-state index is 12.5. The lowest BCUT2D eigenvalue weighted by atomic mass is 10.0. The highest BCUT2D eigenvalue weighted by atomic mass is 35.5. The van der Waals surface area contributed by atoms with Crippen LogP contribution in [0.4, 0.5) is 0 Å². The fourth-order valence-electron chi connectivity index (χ4n) is 4.85. The van der Waals surface area contributed by atoms with Crippen molar-refractivity contribution in [1.82, 2.24) is 0 Å². The summed E-state index contributed by atoms with van der Waals surface area (Å²) in [5.74, 6) is -0.484. The summed E-state index contributed by atoms with van der Waals surface area (Å²) in [5, 5.41) is 21.7. The molecule has 0 aliphatic carbocycles. The van der Waals surface area contributed by atoms with E-state index in [1.54, 1.807) is 42.5 Å². The molecule has 0 spiro atoms. The van der Waals surface area contributed by atoms with Gasteiger partial charge in [-0.25, -0.2) is 4.79 Å². The molecule has 2 heterocycles. The number of hydrogen-bond acceptors (Lipinski definition) is 10. The Morgan fingerprint density at radius 2 is 1.91 bits per heavy atom. The van der Waals surface area contributed by atoms with E-state index in [2.05, 4.69) is 0 Å². The smallest absolute Gasteiger partial charge is 0.374 e. The zero-order valence-electron chi connectivity index (χ0n) is 26.4. The molecule has 0 saturated heterocycles. The van der Waals surface area contributed by atoms with Crippen LogP contribution in [0.2, 0.25) is 4.34 Å². The summed E-state index contributed by atoms with van der Waals surface area (Å²) in [5.41, 5.74) is 0.873. The molecule has 2 N–H and O–H groups in total. The number of rotatable bonds is 16. The Labute approximate surface area is 286 Å². The third kappa shape index (κ3) is 9.60. The van der Waals surface area contributed by atoms with Crippen LogP contribution in [0.3, 0.4) is 0 Å². The van der Waals surface area contributed by atoms with Gasteiger partial charge >= 0.3 is 5.97 Å². The van der Waals surface area contributed by atoms with E-state index in [-0.39, 0.29) is 28.3 Å². The molecule has 0 aliphatic rings. The number of fused-ring (bicyclic) bond motifs is 1. The Morgan fingerprint density at radius 3 is 2.62 bits per heavy atom. The van der Waals surface area contributed by atoms with Gasteiger partial charge in [0.1, 0.15) is 23.2 Å². The minimum absolute atomic E-state index is 0.00949. The monoisotopic (exact) mass is 696 g/mol. The first kappa shape index (κ1) is 36.0. The van der Waals surface area contributed by atoms with Crippen LogP contribution in [0.15, 0.2) is 86.9 Å². The Bertz CT molecular complexity index is 1820. The first-order valence-corrected chi connectivity index (χ1v) is 17.3. The van der Waals surface area contributed by atoms with E-state index in [9.17, 15) is 24.6 Å². The standard InChI is InChI=1S/C36H37ClO8S2/c1-4-11-26-28(16-15-24(22(2)38)34(26)40)44-19-10-8-6-5-7-9-12-31(35(41)32-17-18-33(37)47-32)46-23-13-14-25-27(39)21-30(36(42)43-3)45-29(25)20-23/h5,7,9,12-18,20-21,31,35,40-41H,4,6,8,10-11,19H2,1-3H3/b7-5-,12-9+. The molecule has 2 unspecified atom stereocenters. The highest BCUT2D eigenvalue weighted by Gasteiger charge is 2.22. The predicted octanol–water partition coefficient (Wildman–Crippen LogP) is 8.71. The van der Waals surface area contributed by atoms with Gasteiger partial charge in [0, 0.05) is 21.4 Å². The highest BCUT2D eigenvalue weighted by molar-refractivity contribution is 8.00. The number of thioether (sulfide) groups is 1. The van der Waals surface area contributed by atoms with Crippen molar-refractivity contribution in [3.05, 3.63) is 109 Å². The molecule has 0 radical (unpaired) electrons. The summed E-state index contributed by atoms with van der Waals surface area (Å²) in [4.78, 5) is 37.7. The third-order valence-corrected chi connectivity index (χ3v) is 9.76. The van der Waals surface area contributed by atoms with Crippen molar-refractivity contribution in [2.75, 3.05) is 13.7 Å². The van der Waals surface area contributed by atoms with E-state index < -0.39 is 17.3 Å². The van der Waals surface area contributed by atoms with E-state index in [0.29, 0.717) is 44.5 Å². The lowest BCUT2D eigenvalue weighted by molar-refractivity contribution is 0.0565. The number of ketones is 1. The van der Waals surface area contributed by atoms with Crippen molar-refractivity contribution in [3.8, 4) is 11.5 Å². The van der Waals surface area contributed by atoms with Crippen LogP contribution in [0.25, 0.3) is 11.0 Å². The molecule has 4 aromatic rings. The van der Waals surface area contributed by atoms with Gasteiger partial charge in [0.05, 0.1) is 34.3 Å². The van der Waals surface area contributed by atoms with Gasteiger partial charge in [0.15, 0.2) is 11.2 Å². The number of hydrogen-bond donors (Lipinski definition) is 2. The number of carbonyl (C=O) groups excluding carboxylic acids is 2. The van der Waals surface area contributed by atoms with Crippen LogP contribution in [-0.2, 0) is 11.2 Å². The molecule has 2 aromatic heterocycles. The third-order valence-electron chi connectivity index (χ3n) is 7.25. The number of aliphatic hydroxyl groups is 1. The first-order valence-electron chi connectivity index (χ1n) is 15.2. The average molecular weight is 697 g/mol. The summed E-state index contributed by atoms with van der Waals surface area (Å²) < 4.78 is 16.9. The molecule has 11 heteroatoms. The molecular weight excluding hydrogens is 660 g/mol. The molecule has 4 rings (SSSR count). The second kappa shape index (κ2) is 17.4. The number of methoxy groups -OCH3 is 1. The SMILES string of the molecule is CCCc1c(OCCCC/C=C\C=C\C(Sc2ccc3c(=O)cc(C(=O)OC)oc3c2)C(O)c2ccc(Cl)s2)ccc(C(C)=O)c1O. The van der Waals surface area contributed by atoms with Gasteiger partial charge in [-0.3, -0.25) is 9.59 Å². The van der Waals surface area contributed by atoms with E-state index in [1.807, 2.05) is 31.2 Å². The van der Waals surface area contributed by atoms with Gasteiger partial charge in [-0.15, -0.1) is 23.1 Å². The quantitative estimate of drug-likeness (QED) is 0.0389. The Balaban J connectivity index is 1.38. The molecule has 0 amide bonds. The molecule has 0 saturated carbocycles. The summed E-state index contributed by atoms with van der Waals surface area (Å²) >= 11 is 8.83. The Morgan fingerprint density at radius 1 is 1.11 bits per heavy atom. The molecule has 2 atom stereocenters. The number of benzene rings is 2. The number of unbranched alkanes of at least 4 members (excludes halogenated alkanes) is 2. The highest BCUT2D eigenvalue weighted by Crippen LogP contribution is 2.38. The van der Waals surface area contributed by atoms with Gasteiger partial charge in [-0.05, 0) is 75.1 Å². The number of phenols is 1. The summed E-state index contributed by atoms with van der Waals surface area (Å²) in [7, 11) is 1.21.